The van der Waals surface area contributed by atoms with Gasteiger partial charge in [-0.1, -0.05) is 12.2 Å². The van der Waals surface area contributed by atoms with Crippen molar-refractivity contribution in [3.8, 4) is 0 Å². The van der Waals surface area contributed by atoms with Crippen molar-refractivity contribution >= 4 is 41.7 Å². The molecule has 3 N–H and O–H groups in total. The Bertz CT molecular complexity index is 296. The van der Waals surface area contributed by atoms with Crippen LogP contribution in [0, 0.1) is 0 Å². The molecule has 0 radical (unpaired) electrons. The van der Waals surface area contributed by atoms with Gasteiger partial charge in [0.25, 0.3) is 0 Å². The molecule has 7 heteroatoms. The third-order valence-corrected chi connectivity index (χ3v) is 2.80. The molecule has 0 unspecified atom stereocenters. The van der Waals surface area contributed by atoms with E-state index < -0.39 is 18.1 Å². The summed E-state index contributed by atoms with van der Waals surface area (Å²) in [5.41, 5.74) is 0. The molecule has 1 heterocycles. The maximum absolute atomic E-state index is 11.5. The lowest BCUT2D eigenvalue weighted by molar-refractivity contribution is -0.141. The van der Waals surface area contributed by atoms with Crippen LogP contribution in [0.3, 0.4) is 0 Å². The minimum absolute atomic E-state index is 0.0677. The summed E-state index contributed by atoms with van der Waals surface area (Å²) < 4.78 is 0. The van der Waals surface area contributed by atoms with Gasteiger partial charge in [0.05, 0.1) is 4.99 Å². The predicted molar refractivity (Wildman–Crippen MR) is 62.2 cm³/mol. The van der Waals surface area contributed by atoms with Gasteiger partial charge in [0.1, 0.15) is 12.1 Å². The molecule has 1 fully saturated rings. The Hall–Kier alpha value is -0.820. The summed E-state index contributed by atoms with van der Waals surface area (Å²) >= 11 is 8.73. The first kappa shape index (κ1) is 12.3. The van der Waals surface area contributed by atoms with Gasteiger partial charge in [-0.05, 0) is 6.42 Å². The van der Waals surface area contributed by atoms with Crippen LogP contribution in [0.1, 0.15) is 12.8 Å². The van der Waals surface area contributed by atoms with Crippen molar-refractivity contribution in [1.29, 1.82) is 0 Å². The van der Waals surface area contributed by atoms with Gasteiger partial charge in [-0.2, -0.15) is 12.6 Å². The molecule has 0 aromatic heterocycles. The number of thiol groups is 1. The number of carboxylic acid groups (broad SMARTS) is 1. The van der Waals surface area contributed by atoms with Crippen molar-refractivity contribution in [2.45, 2.75) is 24.9 Å². The Balaban J connectivity index is 2.47. The highest BCUT2D eigenvalue weighted by Crippen LogP contribution is 2.08. The van der Waals surface area contributed by atoms with E-state index in [-0.39, 0.29) is 11.7 Å². The highest BCUT2D eigenvalue weighted by Gasteiger charge is 2.28. The number of hydrogen-bond donors (Lipinski definition) is 4. The van der Waals surface area contributed by atoms with Crippen LogP contribution in [-0.2, 0) is 9.59 Å². The van der Waals surface area contributed by atoms with Crippen LogP contribution in [0.15, 0.2) is 0 Å². The molecule has 1 rings (SSSR count). The lowest BCUT2D eigenvalue weighted by Crippen LogP contribution is -2.49. The normalized spacial score (nSPS) is 21.9. The van der Waals surface area contributed by atoms with Gasteiger partial charge in [-0.25, -0.2) is 4.79 Å². The third-order valence-electron chi connectivity index (χ3n) is 2.11. The lowest BCUT2D eigenvalue weighted by atomic mass is 10.2. The van der Waals surface area contributed by atoms with Crippen molar-refractivity contribution in [2.75, 3.05) is 5.75 Å². The van der Waals surface area contributed by atoms with Crippen LogP contribution in [-0.4, -0.2) is 39.8 Å². The second kappa shape index (κ2) is 5.32. The van der Waals surface area contributed by atoms with E-state index in [0.29, 0.717) is 17.8 Å². The molecule has 1 saturated heterocycles. The van der Waals surface area contributed by atoms with E-state index in [2.05, 4.69) is 23.3 Å². The fourth-order valence-corrected chi connectivity index (χ4v) is 1.78. The van der Waals surface area contributed by atoms with Gasteiger partial charge in [-0.3, -0.25) is 4.79 Å². The Morgan fingerprint density at radius 3 is 2.80 bits per heavy atom. The van der Waals surface area contributed by atoms with Crippen molar-refractivity contribution < 1.29 is 14.7 Å². The van der Waals surface area contributed by atoms with Gasteiger partial charge >= 0.3 is 5.97 Å². The fourth-order valence-electron chi connectivity index (χ4n) is 1.27. The summed E-state index contributed by atoms with van der Waals surface area (Å²) in [6, 6.07) is -1.35. The maximum Gasteiger partial charge on any atom is 0.327 e. The van der Waals surface area contributed by atoms with E-state index in [1.807, 2.05) is 0 Å². The summed E-state index contributed by atoms with van der Waals surface area (Å²) in [4.78, 5) is 22.8. The van der Waals surface area contributed by atoms with E-state index in [9.17, 15) is 9.59 Å². The minimum Gasteiger partial charge on any atom is -0.480 e. The number of hydrogen-bond acceptors (Lipinski definition) is 4. The molecule has 1 aliphatic rings. The quantitative estimate of drug-likeness (QED) is 0.401. The zero-order chi connectivity index (χ0) is 11.4. The topological polar surface area (TPSA) is 78.4 Å². The van der Waals surface area contributed by atoms with E-state index in [0.717, 1.165) is 0 Å². The third kappa shape index (κ3) is 3.35. The van der Waals surface area contributed by atoms with Gasteiger partial charge in [0.15, 0.2) is 0 Å². The first-order valence-corrected chi connectivity index (χ1v) is 5.52. The van der Waals surface area contributed by atoms with E-state index in [1.165, 1.54) is 0 Å². The molecule has 15 heavy (non-hydrogen) atoms. The highest BCUT2D eigenvalue weighted by atomic mass is 32.1. The SMILES string of the molecule is O=C(N[C@H](CS)C(=O)O)[C@@H]1CCC(=S)N1. The molecule has 1 aliphatic heterocycles. The second-order valence-corrected chi connectivity index (χ2v) is 4.10. The number of nitrogens with one attached hydrogen (secondary N) is 2. The fraction of sp³-hybridized carbons (Fsp3) is 0.625. The zero-order valence-electron chi connectivity index (χ0n) is 7.90. The number of thiocarbonyl (C=S) groups is 1. The van der Waals surface area contributed by atoms with Crippen LogP contribution in [0.5, 0.6) is 0 Å². The van der Waals surface area contributed by atoms with Crippen LogP contribution in [0.2, 0.25) is 0 Å². The number of amides is 1. The Kier molecular flexibility index (Phi) is 4.34. The lowest BCUT2D eigenvalue weighted by Gasteiger charge is -2.15. The van der Waals surface area contributed by atoms with Gasteiger partial charge in [0.2, 0.25) is 5.91 Å². The minimum atomic E-state index is -1.08. The summed E-state index contributed by atoms with van der Waals surface area (Å²) in [5, 5.41) is 13.9. The average Bonchev–Trinajstić information content (AvgIpc) is 2.60. The first-order chi connectivity index (χ1) is 7.04. The van der Waals surface area contributed by atoms with Gasteiger partial charge < -0.3 is 15.7 Å². The van der Waals surface area contributed by atoms with Crippen molar-refractivity contribution in [3.05, 3.63) is 0 Å². The van der Waals surface area contributed by atoms with Crippen LogP contribution < -0.4 is 10.6 Å². The van der Waals surface area contributed by atoms with E-state index >= 15 is 0 Å². The number of carboxylic acids is 1. The molecule has 2 atom stereocenters. The Morgan fingerprint density at radius 2 is 2.40 bits per heavy atom. The molecule has 0 aliphatic carbocycles. The molecule has 84 valence electrons. The molecular weight excluding hydrogens is 236 g/mol. The number of carbonyl (C=O) groups is 2. The van der Waals surface area contributed by atoms with Gasteiger partial charge in [0, 0.05) is 12.2 Å². The number of aliphatic carboxylic acids is 1. The molecular formula is C8H12N2O3S2. The van der Waals surface area contributed by atoms with E-state index in [1.54, 1.807) is 0 Å². The molecule has 0 aromatic carbocycles. The van der Waals surface area contributed by atoms with Crippen LogP contribution in [0.4, 0.5) is 0 Å². The standard InChI is InChI=1S/C8H12N2O3S2/c11-7(4-1-2-6(15)9-4)10-5(3-14)8(12)13/h4-5,14H,1-3H2,(H,9,15)(H,10,11)(H,12,13)/t4-,5+/m0/s1. The Labute approximate surface area is 98.0 Å². The molecule has 0 spiro atoms. The van der Waals surface area contributed by atoms with Crippen molar-refractivity contribution in [2.24, 2.45) is 0 Å². The summed E-state index contributed by atoms with van der Waals surface area (Å²) in [6.45, 7) is 0. The molecule has 0 aromatic rings. The summed E-state index contributed by atoms with van der Waals surface area (Å²) in [5.74, 6) is -1.35. The van der Waals surface area contributed by atoms with Crippen molar-refractivity contribution in [1.82, 2.24) is 10.6 Å². The van der Waals surface area contributed by atoms with Crippen LogP contribution in [0.25, 0.3) is 0 Å². The van der Waals surface area contributed by atoms with Gasteiger partial charge in [-0.15, -0.1) is 0 Å². The number of carbonyl (C=O) groups excluding carboxylic acids is 1. The average molecular weight is 248 g/mol. The second-order valence-electron chi connectivity index (χ2n) is 3.24. The predicted octanol–water partition coefficient (Wildman–Crippen LogP) is -0.435. The van der Waals surface area contributed by atoms with E-state index in [4.69, 9.17) is 17.3 Å². The molecule has 0 saturated carbocycles. The summed E-state index contributed by atoms with van der Waals surface area (Å²) in [7, 11) is 0. The van der Waals surface area contributed by atoms with Crippen molar-refractivity contribution in [3.63, 3.8) is 0 Å². The Morgan fingerprint density at radius 1 is 1.73 bits per heavy atom. The number of rotatable bonds is 4. The van der Waals surface area contributed by atoms with Crippen LogP contribution >= 0.6 is 24.8 Å². The smallest absolute Gasteiger partial charge is 0.327 e. The summed E-state index contributed by atoms with van der Waals surface area (Å²) in [6.07, 6.45) is 1.29. The molecule has 0 bridgehead atoms. The largest absolute Gasteiger partial charge is 0.480 e. The first-order valence-electron chi connectivity index (χ1n) is 4.48. The molecule has 1 amide bonds. The zero-order valence-corrected chi connectivity index (χ0v) is 9.61. The maximum atomic E-state index is 11.5. The monoisotopic (exact) mass is 248 g/mol. The molecule has 5 nitrogen and oxygen atoms in total. The highest BCUT2D eigenvalue weighted by molar-refractivity contribution is 7.80.